The summed E-state index contributed by atoms with van der Waals surface area (Å²) in [7, 11) is 0. The lowest BCUT2D eigenvalue weighted by atomic mass is 10.1. The van der Waals surface area contributed by atoms with Crippen molar-refractivity contribution in [1.29, 1.82) is 0 Å². The molecule has 118 valence electrons. The van der Waals surface area contributed by atoms with Gasteiger partial charge in [-0.05, 0) is 37.6 Å². The van der Waals surface area contributed by atoms with Gasteiger partial charge in [-0.25, -0.2) is 4.21 Å². The van der Waals surface area contributed by atoms with Gasteiger partial charge < -0.3 is 4.74 Å². The molecule has 0 aliphatic heterocycles. The quantitative estimate of drug-likeness (QED) is 0.570. The summed E-state index contributed by atoms with van der Waals surface area (Å²) >= 11 is -1.87. The highest BCUT2D eigenvalue weighted by Crippen LogP contribution is 2.24. The van der Waals surface area contributed by atoms with E-state index in [0.717, 1.165) is 0 Å². The molecule has 0 fully saturated rings. The zero-order chi connectivity index (χ0) is 15.9. The Morgan fingerprint density at radius 3 is 2.33 bits per heavy atom. The van der Waals surface area contributed by atoms with Gasteiger partial charge >= 0.3 is 6.18 Å². The van der Waals surface area contributed by atoms with Crippen LogP contribution in [0.5, 0.6) is 5.75 Å². The summed E-state index contributed by atoms with van der Waals surface area (Å²) in [5.41, 5.74) is -1.41. The van der Waals surface area contributed by atoms with Crippen molar-refractivity contribution in [2.24, 2.45) is 5.16 Å². The zero-order valence-corrected chi connectivity index (χ0v) is 12.5. The molecule has 0 amide bonds. The average Bonchev–Trinajstić information content (AvgIpc) is 2.40. The lowest BCUT2D eigenvalue weighted by Gasteiger charge is -2.10. The zero-order valence-electron chi connectivity index (χ0n) is 11.6. The Kier molecular flexibility index (Phi) is 6.67. The molecule has 0 radical (unpaired) electrons. The van der Waals surface area contributed by atoms with Crippen molar-refractivity contribution in [2.45, 2.75) is 26.4 Å². The Labute approximate surface area is 123 Å². The van der Waals surface area contributed by atoms with E-state index >= 15 is 0 Å². The third kappa shape index (κ3) is 5.74. The van der Waals surface area contributed by atoms with Gasteiger partial charge in [-0.1, -0.05) is 12.1 Å². The van der Waals surface area contributed by atoms with Crippen molar-refractivity contribution in [3.63, 3.8) is 0 Å². The Morgan fingerprint density at radius 2 is 1.86 bits per heavy atom. The van der Waals surface area contributed by atoms with Crippen LogP contribution in [0.3, 0.4) is 0 Å². The molecule has 4 nitrogen and oxygen atoms in total. The Bertz CT molecular complexity index is 500. The fraction of sp³-hybridized carbons (Fsp3) is 0.462. The van der Waals surface area contributed by atoms with Crippen LogP contribution >= 0.6 is 0 Å². The third-order valence-corrected chi connectivity index (χ3v) is 3.27. The molecule has 1 rings (SSSR count). The van der Waals surface area contributed by atoms with E-state index in [4.69, 9.17) is 4.74 Å². The number of nitrogens with zero attached hydrogens (tertiary/aromatic N) is 1. The smallest absolute Gasteiger partial charge is 0.437 e. The van der Waals surface area contributed by atoms with Crippen molar-refractivity contribution in [1.82, 2.24) is 0 Å². The summed E-state index contributed by atoms with van der Waals surface area (Å²) in [6, 6.07) is 5.26. The van der Waals surface area contributed by atoms with Gasteiger partial charge in [-0.15, -0.1) is 0 Å². The summed E-state index contributed by atoms with van der Waals surface area (Å²) in [6.45, 7) is 3.92. The van der Waals surface area contributed by atoms with Gasteiger partial charge in [0, 0.05) is 5.56 Å². The van der Waals surface area contributed by atoms with E-state index in [-0.39, 0.29) is 11.3 Å². The maximum atomic E-state index is 12.9. The summed E-state index contributed by atoms with van der Waals surface area (Å²) in [5, 5.41) is 3.01. The lowest BCUT2D eigenvalue weighted by Crippen LogP contribution is -2.24. The van der Waals surface area contributed by atoms with Crippen LogP contribution in [0.1, 0.15) is 25.8 Å². The van der Waals surface area contributed by atoms with Gasteiger partial charge in [0.25, 0.3) is 0 Å². The predicted molar refractivity (Wildman–Crippen MR) is 74.6 cm³/mol. The number of ether oxygens (including phenoxy) is 1. The van der Waals surface area contributed by atoms with E-state index in [1.54, 1.807) is 13.8 Å². The van der Waals surface area contributed by atoms with Crippen molar-refractivity contribution < 1.29 is 26.4 Å². The van der Waals surface area contributed by atoms with Crippen LogP contribution in [0.4, 0.5) is 13.2 Å². The first-order valence-corrected chi connectivity index (χ1v) is 7.57. The number of alkyl halides is 3. The third-order valence-electron chi connectivity index (χ3n) is 2.29. The molecule has 1 atom stereocenters. The summed E-state index contributed by atoms with van der Waals surface area (Å²) in [4.78, 5) is 0. The highest BCUT2D eigenvalue weighted by atomic mass is 32.2. The molecule has 0 aromatic heterocycles. The molecule has 0 saturated carbocycles. The van der Waals surface area contributed by atoms with Gasteiger partial charge in [0.2, 0.25) is 11.1 Å². The monoisotopic (exact) mass is 323 g/mol. The van der Waals surface area contributed by atoms with E-state index in [1.807, 2.05) is 0 Å². The number of halogens is 3. The molecule has 0 spiro atoms. The molecule has 0 aliphatic rings. The molecule has 0 bridgehead atoms. The molecule has 1 unspecified atom stereocenters. The molecule has 8 heteroatoms. The number of benzene rings is 1. The minimum atomic E-state index is -4.70. The van der Waals surface area contributed by atoms with Crippen molar-refractivity contribution in [3.05, 3.63) is 29.8 Å². The van der Waals surface area contributed by atoms with Crippen LogP contribution < -0.4 is 4.74 Å². The normalized spacial score (nSPS) is 13.9. The van der Waals surface area contributed by atoms with E-state index in [1.165, 1.54) is 24.3 Å². The minimum absolute atomic E-state index is 0.123. The number of oxime groups is 1. The summed E-state index contributed by atoms with van der Waals surface area (Å²) < 4.78 is 59.7. The molecular formula is C13H16F3NO3S. The van der Waals surface area contributed by atoms with Crippen LogP contribution in [-0.4, -0.2) is 28.5 Å². The van der Waals surface area contributed by atoms with E-state index in [0.29, 0.717) is 18.8 Å². The predicted octanol–water partition coefficient (Wildman–Crippen LogP) is 3.44. The van der Waals surface area contributed by atoms with Crippen LogP contribution in [-0.2, 0) is 15.4 Å². The van der Waals surface area contributed by atoms with E-state index in [2.05, 4.69) is 9.44 Å². The first-order valence-electron chi connectivity index (χ1n) is 6.32. The fourth-order valence-electron chi connectivity index (χ4n) is 1.43. The number of rotatable bonds is 7. The molecular weight excluding hydrogens is 307 g/mol. The molecule has 1 aromatic rings. The van der Waals surface area contributed by atoms with Crippen molar-refractivity contribution in [2.75, 3.05) is 12.4 Å². The van der Waals surface area contributed by atoms with Crippen LogP contribution in [0.2, 0.25) is 0 Å². The van der Waals surface area contributed by atoms with Crippen LogP contribution in [0, 0.1) is 0 Å². The SMILES string of the molecule is CCCS(=O)O/N=C(/c1ccc(OCC)cc1)C(F)(F)F. The molecule has 0 aliphatic carbocycles. The maximum Gasteiger partial charge on any atom is 0.437 e. The average molecular weight is 323 g/mol. The molecule has 21 heavy (non-hydrogen) atoms. The Morgan fingerprint density at radius 1 is 1.24 bits per heavy atom. The van der Waals surface area contributed by atoms with Gasteiger partial charge in [-0.2, -0.15) is 13.2 Å². The largest absolute Gasteiger partial charge is 0.494 e. The molecule has 0 heterocycles. The van der Waals surface area contributed by atoms with Crippen molar-refractivity contribution in [3.8, 4) is 5.75 Å². The van der Waals surface area contributed by atoms with E-state index < -0.39 is 23.0 Å². The van der Waals surface area contributed by atoms with Gasteiger partial charge in [0.1, 0.15) is 5.75 Å². The first-order chi connectivity index (χ1) is 9.88. The van der Waals surface area contributed by atoms with Crippen LogP contribution in [0.25, 0.3) is 0 Å². The van der Waals surface area contributed by atoms with Crippen LogP contribution in [0.15, 0.2) is 29.4 Å². The molecule has 1 aromatic carbocycles. The fourth-order valence-corrected chi connectivity index (χ4v) is 1.99. The Hall–Kier alpha value is -1.57. The molecule has 0 N–H and O–H groups in total. The first kappa shape index (κ1) is 17.5. The topological polar surface area (TPSA) is 47.9 Å². The second-order valence-electron chi connectivity index (χ2n) is 3.98. The van der Waals surface area contributed by atoms with Gasteiger partial charge in [-0.3, -0.25) is 4.28 Å². The number of hydrogen-bond donors (Lipinski definition) is 0. The summed E-state index contributed by atoms with van der Waals surface area (Å²) in [5.74, 6) is 0.580. The number of hydrogen-bond acceptors (Lipinski definition) is 4. The highest BCUT2D eigenvalue weighted by Gasteiger charge is 2.38. The van der Waals surface area contributed by atoms with Crippen molar-refractivity contribution >= 4 is 16.8 Å². The summed E-state index contributed by atoms with van der Waals surface area (Å²) in [6.07, 6.45) is -4.18. The second-order valence-corrected chi connectivity index (χ2v) is 5.14. The molecule has 0 saturated heterocycles. The lowest BCUT2D eigenvalue weighted by molar-refractivity contribution is -0.0596. The minimum Gasteiger partial charge on any atom is -0.494 e. The van der Waals surface area contributed by atoms with Gasteiger partial charge in [0.15, 0.2) is 5.71 Å². The standard InChI is InChI=1S/C13H16F3NO3S/c1-3-9-21(18)20-17-12(13(14,15)16)10-5-7-11(8-6-10)19-4-2/h5-8H,3-4,9H2,1-2H3/b17-12-. The highest BCUT2D eigenvalue weighted by molar-refractivity contribution is 7.80. The second kappa shape index (κ2) is 8.02. The Balaban J connectivity index is 2.97. The van der Waals surface area contributed by atoms with E-state index in [9.17, 15) is 17.4 Å². The maximum absolute atomic E-state index is 12.9. The van der Waals surface area contributed by atoms with Gasteiger partial charge in [0.05, 0.1) is 12.4 Å².